The van der Waals surface area contributed by atoms with Gasteiger partial charge in [-0.1, -0.05) is 38.1 Å². The van der Waals surface area contributed by atoms with Gasteiger partial charge in [0.05, 0.1) is 25.2 Å². The number of carbonyl (C=O) groups is 3. The molecule has 1 saturated carbocycles. The summed E-state index contributed by atoms with van der Waals surface area (Å²) in [6, 6.07) is 7.71. The maximum absolute atomic E-state index is 13.6. The number of methoxy groups -OCH3 is 1. The molecule has 1 aromatic rings. The summed E-state index contributed by atoms with van der Waals surface area (Å²) in [5.41, 5.74) is 3.55. The Labute approximate surface area is 177 Å². The summed E-state index contributed by atoms with van der Waals surface area (Å²) < 4.78 is 10.4. The number of ketones is 1. The molecule has 30 heavy (non-hydrogen) atoms. The highest BCUT2D eigenvalue weighted by Gasteiger charge is 2.51. The minimum Gasteiger partial charge on any atom is -0.468 e. The van der Waals surface area contributed by atoms with E-state index in [-0.39, 0.29) is 11.7 Å². The van der Waals surface area contributed by atoms with E-state index in [1.165, 1.54) is 7.11 Å². The molecule has 1 aliphatic heterocycles. The number of benzene rings is 1. The fraction of sp³-hybridized carbons (Fsp3) is 0.500. The third-order valence-electron chi connectivity index (χ3n) is 6.05. The van der Waals surface area contributed by atoms with Gasteiger partial charge in [0.25, 0.3) is 0 Å². The molecule has 0 saturated heterocycles. The number of rotatable bonds is 5. The van der Waals surface area contributed by atoms with Crippen LogP contribution in [0.2, 0.25) is 0 Å². The van der Waals surface area contributed by atoms with Crippen LogP contribution in [0, 0.1) is 24.7 Å². The van der Waals surface area contributed by atoms with Crippen molar-refractivity contribution >= 4 is 23.4 Å². The van der Waals surface area contributed by atoms with E-state index in [1.807, 2.05) is 45.0 Å². The van der Waals surface area contributed by atoms with Crippen molar-refractivity contribution in [3.8, 4) is 0 Å². The average Bonchev–Trinajstić information content (AvgIpc) is 2.71. The van der Waals surface area contributed by atoms with E-state index in [1.54, 1.807) is 6.92 Å². The smallest absolute Gasteiger partial charge is 0.336 e. The van der Waals surface area contributed by atoms with Gasteiger partial charge in [0, 0.05) is 17.3 Å². The Morgan fingerprint density at radius 2 is 1.87 bits per heavy atom. The summed E-state index contributed by atoms with van der Waals surface area (Å²) in [6.45, 7) is 7.84. The molecule has 0 aromatic heterocycles. The molecule has 0 amide bonds. The lowest BCUT2D eigenvalue weighted by Gasteiger charge is -2.40. The Bertz CT molecular complexity index is 929. The molecule has 2 aliphatic rings. The standard InChI is InChI=1S/C24H29NO5/c1-6-11-30-24(28)19-15(4)25-17-12-14(3)18(23(27)29-5)22(26)21(17)20(19)16-10-8-7-9-13(16)2/h7-10,14,18,20-21H,6,11-12H2,1-5H3/t14-,18+,20-,21+/m1/s1. The van der Waals surface area contributed by atoms with Crippen molar-refractivity contribution in [2.75, 3.05) is 13.7 Å². The number of hydrogen-bond donors (Lipinski definition) is 0. The lowest BCUT2D eigenvalue weighted by Crippen LogP contribution is -2.48. The second-order valence-electron chi connectivity index (χ2n) is 8.13. The molecule has 0 spiro atoms. The van der Waals surface area contributed by atoms with E-state index in [9.17, 15) is 14.4 Å². The van der Waals surface area contributed by atoms with Crippen molar-refractivity contribution in [2.45, 2.75) is 46.5 Å². The average molecular weight is 411 g/mol. The highest BCUT2D eigenvalue weighted by atomic mass is 16.5. The molecule has 0 unspecified atom stereocenters. The fourth-order valence-corrected chi connectivity index (χ4v) is 4.65. The first kappa shape index (κ1) is 21.9. The van der Waals surface area contributed by atoms with Crippen LogP contribution >= 0.6 is 0 Å². The molecule has 1 aromatic carbocycles. The van der Waals surface area contributed by atoms with Crippen LogP contribution in [-0.2, 0) is 23.9 Å². The first-order valence-corrected chi connectivity index (χ1v) is 10.4. The van der Waals surface area contributed by atoms with Crippen LogP contribution in [0.3, 0.4) is 0 Å². The third kappa shape index (κ3) is 3.83. The summed E-state index contributed by atoms with van der Waals surface area (Å²) in [4.78, 5) is 43.7. The number of aliphatic imine (C=N–C) groups is 1. The van der Waals surface area contributed by atoms with E-state index in [0.29, 0.717) is 30.7 Å². The summed E-state index contributed by atoms with van der Waals surface area (Å²) in [5.74, 6) is -3.51. The van der Waals surface area contributed by atoms with Gasteiger partial charge in [0.2, 0.25) is 0 Å². The molecule has 0 radical (unpaired) electrons. The van der Waals surface area contributed by atoms with Crippen molar-refractivity contribution in [2.24, 2.45) is 22.7 Å². The molecular weight excluding hydrogens is 382 g/mol. The maximum atomic E-state index is 13.6. The second-order valence-corrected chi connectivity index (χ2v) is 8.13. The van der Waals surface area contributed by atoms with Gasteiger partial charge in [-0.05, 0) is 43.7 Å². The van der Waals surface area contributed by atoms with E-state index in [2.05, 4.69) is 4.99 Å². The van der Waals surface area contributed by atoms with Crippen LogP contribution in [-0.4, -0.2) is 37.2 Å². The van der Waals surface area contributed by atoms with Crippen LogP contribution in [0.1, 0.15) is 50.7 Å². The van der Waals surface area contributed by atoms with E-state index < -0.39 is 29.7 Å². The number of Topliss-reactive ketones (excluding diaryl/α,β-unsaturated/α-hetero) is 1. The number of nitrogens with zero attached hydrogens (tertiary/aromatic N) is 1. The zero-order chi connectivity index (χ0) is 22.0. The largest absolute Gasteiger partial charge is 0.468 e. The zero-order valence-electron chi connectivity index (χ0n) is 18.2. The van der Waals surface area contributed by atoms with Crippen molar-refractivity contribution in [1.29, 1.82) is 0 Å². The zero-order valence-corrected chi connectivity index (χ0v) is 18.2. The Kier molecular flexibility index (Phi) is 6.54. The molecule has 160 valence electrons. The van der Waals surface area contributed by atoms with Crippen LogP contribution in [0.25, 0.3) is 0 Å². The van der Waals surface area contributed by atoms with Crippen molar-refractivity contribution in [3.05, 3.63) is 46.7 Å². The minimum atomic E-state index is -0.864. The first-order valence-electron chi connectivity index (χ1n) is 10.4. The van der Waals surface area contributed by atoms with Gasteiger partial charge in [0.1, 0.15) is 5.92 Å². The maximum Gasteiger partial charge on any atom is 0.336 e. The van der Waals surface area contributed by atoms with E-state index >= 15 is 0 Å². The quantitative estimate of drug-likeness (QED) is 0.544. The van der Waals surface area contributed by atoms with Gasteiger partial charge in [0.15, 0.2) is 5.78 Å². The molecule has 6 heteroatoms. The third-order valence-corrected chi connectivity index (χ3v) is 6.05. The van der Waals surface area contributed by atoms with Gasteiger partial charge in [-0.2, -0.15) is 0 Å². The van der Waals surface area contributed by atoms with E-state index in [4.69, 9.17) is 9.47 Å². The summed E-state index contributed by atoms with van der Waals surface area (Å²) >= 11 is 0. The summed E-state index contributed by atoms with van der Waals surface area (Å²) in [7, 11) is 1.29. The van der Waals surface area contributed by atoms with E-state index in [0.717, 1.165) is 16.8 Å². The second kappa shape index (κ2) is 8.94. The summed E-state index contributed by atoms with van der Waals surface area (Å²) in [5, 5.41) is 0. The van der Waals surface area contributed by atoms with Crippen LogP contribution in [0.15, 0.2) is 40.5 Å². The number of allylic oxidation sites excluding steroid dienone is 1. The van der Waals surface area contributed by atoms with Gasteiger partial charge in [-0.15, -0.1) is 0 Å². The van der Waals surface area contributed by atoms with Crippen LogP contribution in [0.5, 0.6) is 0 Å². The Balaban J connectivity index is 2.17. The number of carbonyl (C=O) groups excluding carboxylic acids is 3. The summed E-state index contributed by atoms with van der Waals surface area (Å²) in [6.07, 6.45) is 1.21. The molecule has 3 rings (SSSR count). The molecule has 1 fully saturated rings. The number of hydrogen-bond acceptors (Lipinski definition) is 6. The van der Waals surface area contributed by atoms with Gasteiger partial charge < -0.3 is 9.47 Å². The molecule has 1 heterocycles. The highest BCUT2D eigenvalue weighted by molar-refractivity contribution is 6.17. The molecule has 4 atom stereocenters. The highest BCUT2D eigenvalue weighted by Crippen LogP contribution is 2.46. The van der Waals surface area contributed by atoms with Gasteiger partial charge in [-0.25, -0.2) is 4.79 Å². The normalized spacial score (nSPS) is 26.0. The van der Waals surface area contributed by atoms with Gasteiger partial charge in [-0.3, -0.25) is 14.6 Å². The lowest BCUT2D eigenvalue weighted by molar-refractivity contribution is -0.152. The van der Waals surface area contributed by atoms with Crippen molar-refractivity contribution in [1.82, 2.24) is 0 Å². The first-order chi connectivity index (χ1) is 14.3. The van der Waals surface area contributed by atoms with Crippen LogP contribution in [0.4, 0.5) is 0 Å². The molecule has 0 N–H and O–H groups in total. The molecular formula is C24H29NO5. The number of fused-ring (bicyclic) bond motifs is 1. The fourth-order valence-electron chi connectivity index (χ4n) is 4.65. The predicted octanol–water partition coefficient (Wildman–Crippen LogP) is 3.77. The minimum absolute atomic E-state index is 0.209. The van der Waals surface area contributed by atoms with Crippen molar-refractivity contribution in [3.63, 3.8) is 0 Å². The van der Waals surface area contributed by atoms with Gasteiger partial charge >= 0.3 is 11.9 Å². The lowest BCUT2D eigenvalue weighted by atomic mass is 9.63. The Morgan fingerprint density at radius 3 is 2.50 bits per heavy atom. The molecule has 0 bridgehead atoms. The Morgan fingerprint density at radius 1 is 1.17 bits per heavy atom. The number of aryl methyl sites for hydroxylation is 1. The number of esters is 2. The van der Waals surface area contributed by atoms with Crippen LogP contribution < -0.4 is 0 Å². The topological polar surface area (TPSA) is 82.0 Å². The molecule has 6 nitrogen and oxygen atoms in total. The SMILES string of the molecule is CCCOC(=O)C1=C(C)N=C2C[C@@H](C)[C@H](C(=O)OC)C(=O)[C@@H]2[C@@H]1c1ccccc1C. The number of ether oxygens (including phenoxy) is 2. The monoisotopic (exact) mass is 411 g/mol. The van der Waals surface area contributed by atoms with Crippen molar-refractivity contribution < 1.29 is 23.9 Å². The Hall–Kier alpha value is -2.76. The predicted molar refractivity (Wildman–Crippen MR) is 113 cm³/mol. The molecule has 1 aliphatic carbocycles.